The Morgan fingerprint density at radius 2 is 2.00 bits per heavy atom. The van der Waals surface area contributed by atoms with E-state index in [1.807, 2.05) is 29.5 Å². The maximum absolute atomic E-state index is 6.29. The fourth-order valence-electron chi connectivity index (χ4n) is 2.04. The average molecular weight is 296 g/mol. The third kappa shape index (κ3) is 3.50. The molecule has 0 spiro atoms. The summed E-state index contributed by atoms with van der Waals surface area (Å²) in [5.74, 6) is 0.757. The number of hydrogen-bond acceptors (Lipinski definition) is 3. The fraction of sp³-hybridized carbons (Fsp3) is 0.333. The van der Waals surface area contributed by atoms with Crippen LogP contribution in [0, 0.1) is 0 Å². The maximum Gasteiger partial charge on any atom is 0.125 e. The summed E-state index contributed by atoms with van der Waals surface area (Å²) >= 11 is 7.79. The number of hydrogen-bond donors (Lipinski definition) is 1. The van der Waals surface area contributed by atoms with Crippen LogP contribution in [0.3, 0.4) is 0 Å². The molecule has 2 rings (SSSR count). The van der Waals surface area contributed by atoms with Crippen molar-refractivity contribution >= 4 is 22.9 Å². The lowest BCUT2D eigenvalue weighted by molar-refractivity contribution is 0.405. The summed E-state index contributed by atoms with van der Waals surface area (Å²) in [4.78, 5) is 2.70. The predicted octanol–water partition coefficient (Wildman–Crippen LogP) is 4.22. The summed E-state index contributed by atoms with van der Waals surface area (Å²) in [6.45, 7) is 2.16. The Morgan fingerprint density at radius 3 is 2.63 bits per heavy atom. The van der Waals surface area contributed by atoms with E-state index in [9.17, 15) is 0 Å². The topological polar surface area (TPSA) is 35.2 Å². The van der Waals surface area contributed by atoms with Crippen molar-refractivity contribution < 1.29 is 4.74 Å². The number of rotatable bonds is 5. The first-order valence-electron chi connectivity index (χ1n) is 6.30. The minimum Gasteiger partial charge on any atom is -0.496 e. The first-order chi connectivity index (χ1) is 9.13. The predicted molar refractivity (Wildman–Crippen MR) is 82.3 cm³/mol. The normalized spacial score (nSPS) is 12.4. The Bertz CT molecular complexity index is 553. The molecule has 0 amide bonds. The summed E-state index contributed by atoms with van der Waals surface area (Å²) in [5, 5.41) is 0.664. The fourth-order valence-corrected chi connectivity index (χ4v) is 3.22. The van der Waals surface area contributed by atoms with Gasteiger partial charge in [-0.3, -0.25) is 0 Å². The second-order valence-corrected chi connectivity index (χ2v) is 6.11. The van der Waals surface area contributed by atoms with E-state index in [1.165, 1.54) is 9.75 Å². The molecule has 19 heavy (non-hydrogen) atoms. The summed E-state index contributed by atoms with van der Waals surface area (Å²) in [6, 6.07) is 9.86. The molecule has 0 aliphatic heterocycles. The quantitative estimate of drug-likeness (QED) is 0.896. The van der Waals surface area contributed by atoms with Crippen LogP contribution in [-0.2, 0) is 12.8 Å². The average Bonchev–Trinajstić information content (AvgIpc) is 2.86. The van der Waals surface area contributed by atoms with Crippen LogP contribution in [-0.4, -0.2) is 7.11 Å². The third-order valence-corrected chi connectivity index (χ3v) is 4.57. The molecule has 0 saturated carbocycles. The molecule has 102 valence electrons. The molecule has 1 heterocycles. The molecule has 4 heteroatoms. The standard InChI is InChI=1S/C15H18ClNOS/c1-3-11-5-6-12(19-11)9-14(17)13-7-4-10(16)8-15(13)18-2/h4-8,14H,3,9,17H2,1-2H3. The van der Waals surface area contributed by atoms with Gasteiger partial charge in [0.1, 0.15) is 5.75 Å². The molecule has 0 bridgehead atoms. The molecule has 0 saturated heterocycles. The van der Waals surface area contributed by atoms with Gasteiger partial charge >= 0.3 is 0 Å². The molecule has 0 aliphatic carbocycles. The molecule has 0 radical (unpaired) electrons. The van der Waals surface area contributed by atoms with Gasteiger partial charge in [0, 0.05) is 32.8 Å². The molecule has 2 N–H and O–H groups in total. The van der Waals surface area contributed by atoms with Crippen molar-refractivity contribution in [3.63, 3.8) is 0 Å². The molecule has 1 aromatic heterocycles. The van der Waals surface area contributed by atoms with Gasteiger partial charge in [0.15, 0.2) is 0 Å². The van der Waals surface area contributed by atoms with Crippen LogP contribution in [0.2, 0.25) is 5.02 Å². The summed E-state index contributed by atoms with van der Waals surface area (Å²) in [7, 11) is 1.64. The molecular formula is C15H18ClNOS. The van der Waals surface area contributed by atoms with Gasteiger partial charge in [0.05, 0.1) is 7.11 Å². The van der Waals surface area contributed by atoms with Crippen molar-refractivity contribution in [2.24, 2.45) is 5.73 Å². The van der Waals surface area contributed by atoms with Gasteiger partial charge in [0.25, 0.3) is 0 Å². The van der Waals surface area contributed by atoms with Crippen LogP contribution >= 0.6 is 22.9 Å². The van der Waals surface area contributed by atoms with E-state index < -0.39 is 0 Å². The number of nitrogens with two attached hydrogens (primary N) is 1. The van der Waals surface area contributed by atoms with Gasteiger partial charge < -0.3 is 10.5 Å². The van der Waals surface area contributed by atoms with E-state index in [4.69, 9.17) is 22.1 Å². The monoisotopic (exact) mass is 295 g/mol. The van der Waals surface area contributed by atoms with Crippen LogP contribution in [0.4, 0.5) is 0 Å². The molecule has 2 nitrogen and oxygen atoms in total. The first-order valence-corrected chi connectivity index (χ1v) is 7.50. The molecular weight excluding hydrogens is 278 g/mol. The Morgan fingerprint density at radius 1 is 1.26 bits per heavy atom. The van der Waals surface area contributed by atoms with Crippen molar-refractivity contribution in [3.8, 4) is 5.75 Å². The third-order valence-electron chi connectivity index (χ3n) is 3.08. The Labute approximate surface area is 123 Å². The second-order valence-electron chi connectivity index (χ2n) is 4.42. The number of aryl methyl sites for hydroxylation is 1. The van der Waals surface area contributed by atoms with Gasteiger partial charge in [-0.25, -0.2) is 0 Å². The van der Waals surface area contributed by atoms with E-state index in [-0.39, 0.29) is 6.04 Å². The van der Waals surface area contributed by atoms with E-state index >= 15 is 0 Å². The number of methoxy groups -OCH3 is 1. The lowest BCUT2D eigenvalue weighted by Crippen LogP contribution is -2.13. The van der Waals surface area contributed by atoms with E-state index in [0.29, 0.717) is 5.02 Å². The highest BCUT2D eigenvalue weighted by molar-refractivity contribution is 7.11. The number of benzene rings is 1. The van der Waals surface area contributed by atoms with Crippen molar-refractivity contribution in [1.29, 1.82) is 0 Å². The summed E-state index contributed by atoms with van der Waals surface area (Å²) < 4.78 is 5.35. The smallest absolute Gasteiger partial charge is 0.125 e. The van der Waals surface area contributed by atoms with E-state index in [1.54, 1.807) is 7.11 Å². The zero-order valence-corrected chi connectivity index (χ0v) is 12.7. The van der Waals surface area contributed by atoms with Gasteiger partial charge in [-0.15, -0.1) is 11.3 Å². The van der Waals surface area contributed by atoms with Gasteiger partial charge in [-0.2, -0.15) is 0 Å². The summed E-state index contributed by atoms with van der Waals surface area (Å²) in [5.41, 5.74) is 7.29. The second kappa shape index (κ2) is 6.42. The van der Waals surface area contributed by atoms with Gasteiger partial charge in [-0.05, 0) is 30.7 Å². The van der Waals surface area contributed by atoms with E-state index in [2.05, 4.69) is 19.1 Å². The Kier molecular flexibility index (Phi) is 4.86. The zero-order chi connectivity index (χ0) is 13.8. The van der Waals surface area contributed by atoms with Crippen molar-refractivity contribution in [2.75, 3.05) is 7.11 Å². The molecule has 1 atom stereocenters. The SMILES string of the molecule is CCc1ccc(CC(N)c2ccc(Cl)cc2OC)s1. The van der Waals surface area contributed by atoms with Crippen LogP contribution in [0.5, 0.6) is 5.75 Å². The molecule has 1 unspecified atom stereocenters. The minimum absolute atomic E-state index is 0.0735. The largest absolute Gasteiger partial charge is 0.496 e. The highest BCUT2D eigenvalue weighted by atomic mass is 35.5. The highest BCUT2D eigenvalue weighted by Gasteiger charge is 2.14. The molecule has 1 aromatic carbocycles. The molecule has 0 aliphatic rings. The van der Waals surface area contributed by atoms with Gasteiger partial charge in [-0.1, -0.05) is 24.6 Å². The Hall–Kier alpha value is -1.03. The maximum atomic E-state index is 6.29. The van der Waals surface area contributed by atoms with Gasteiger partial charge in [0.2, 0.25) is 0 Å². The van der Waals surface area contributed by atoms with E-state index in [0.717, 1.165) is 24.2 Å². The first kappa shape index (κ1) is 14.4. The lowest BCUT2D eigenvalue weighted by Gasteiger charge is -2.15. The number of ether oxygens (including phenoxy) is 1. The number of thiophene rings is 1. The van der Waals surface area contributed by atoms with Crippen molar-refractivity contribution in [1.82, 2.24) is 0 Å². The lowest BCUT2D eigenvalue weighted by atomic mass is 10.0. The van der Waals surface area contributed by atoms with Crippen LogP contribution < -0.4 is 10.5 Å². The number of halogens is 1. The summed E-state index contributed by atoms with van der Waals surface area (Å²) in [6.07, 6.45) is 1.90. The molecule has 0 fully saturated rings. The van der Waals surface area contributed by atoms with Crippen molar-refractivity contribution in [3.05, 3.63) is 50.7 Å². The molecule has 2 aromatic rings. The van der Waals surface area contributed by atoms with Crippen LogP contribution in [0.25, 0.3) is 0 Å². The zero-order valence-electron chi connectivity index (χ0n) is 11.2. The van der Waals surface area contributed by atoms with Crippen molar-refractivity contribution in [2.45, 2.75) is 25.8 Å². The highest BCUT2D eigenvalue weighted by Crippen LogP contribution is 2.30. The minimum atomic E-state index is -0.0735. The Balaban J connectivity index is 2.17. The van der Waals surface area contributed by atoms with Crippen LogP contribution in [0.15, 0.2) is 30.3 Å². The van der Waals surface area contributed by atoms with Crippen LogP contribution in [0.1, 0.15) is 28.3 Å².